The van der Waals surface area contributed by atoms with Crippen molar-refractivity contribution in [1.29, 1.82) is 0 Å². The summed E-state index contributed by atoms with van der Waals surface area (Å²) in [6, 6.07) is 8.24. The zero-order valence-corrected chi connectivity index (χ0v) is 18.2. The first-order chi connectivity index (χ1) is 13.5. The Kier molecular flexibility index (Phi) is 6.44. The predicted molar refractivity (Wildman–Crippen MR) is 119 cm³/mol. The Balaban J connectivity index is 0.00000240. The summed E-state index contributed by atoms with van der Waals surface area (Å²) in [5.41, 5.74) is 11.1. The number of amides is 1. The van der Waals surface area contributed by atoms with Crippen LogP contribution in [0.25, 0.3) is 16.6 Å². The third-order valence-electron chi connectivity index (χ3n) is 6.08. The summed E-state index contributed by atoms with van der Waals surface area (Å²) >= 11 is 0. The monoisotopic (exact) mass is 415 g/mol. The normalized spacial score (nSPS) is 18.1. The van der Waals surface area contributed by atoms with E-state index in [9.17, 15) is 4.79 Å². The van der Waals surface area contributed by atoms with Gasteiger partial charge >= 0.3 is 0 Å². The summed E-state index contributed by atoms with van der Waals surface area (Å²) in [7, 11) is 0. The first-order valence-electron chi connectivity index (χ1n) is 10.3. The number of nitrogens with two attached hydrogens (primary N) is 1. The van der Waals surface area contributed by atoms with Crippen molar-refractivity contribution in [3.05, 3.63) is 41.2 Å². The fourth-order valence-corrected chi connectivity index (χ4v) is 4.53. The van der Waals surface area contributed by atoms with Gasteiger partial charge in [-0.3, -0.25) is 4.79 Å². The molecule has 156 valence electrons. The topological polar surface area (TPSA) is 76.5 Å². The van der Waals surface area contributed by atoms with E-state index in [4.69, 9.17) is 15.8 Å². The fraction of sp³-hybridized carbons (Fsp3) is 0.500. The van der Waals surface area contributed by atoms with Crippen molar-refractivity contribution in [3.63, 3.8) is 0 Å². The summed E-state index contributed by atoms with van der Waals surface area (Å²) in [6.45, 7) is 6.93. The van der Waals surface area contributed by atoms with Gasteiger partial charge in [-0.15, -0.1) is 12.4 Å². The number of carbonyl (C=O) groups is 1. The van der Waals surface area contributed by atoms with Crippen molar-refractivity contribution in [2.45, 2.75) is 65.0 Å². The number of benzene rings is 1. The molecule has 3 heterocycles. The van der Waals surface area contributed by atoms with Crippen LogP contribution in [0, 0.1) is 13.8 Å². The molecule has 2 N–H and O–H groups in total. The Hall–Kier alpha value is -2.18. The molecule has 0 saturated carbocycles. The predicted octanol–water partition coefficient (Wildman–Crippen LogP) is 3.58. The van der Waals surface area contributed by atoms with Gasteiger partial charge in [-0.1, -0.05) is 12.1 Å². The van der Waals surface area contributed by atoms with Crippen LogP contribution in [0.15, 0.2) is 24.3 Å². The molecule has 1 aromatic carbocycles. The number of hydrogen-bond acceptors (Lipinski definition) is 4. The van der Waals surface area contributed by atoms with Gasteiger partial charge in [-0.2, -0.15) is 5.10 Å². The lowest BCUT2D eigenvalue weighted by Gasteiger charge is -2.38. The van der Waals surface area contributed by atoms with Gasteiger partial charge in [0.1, 0.15) is 0 Å². The molecule has 6 nitrogen and oxygen atoms in total. The van der Waals surface area contributed by atoms with Crippen LogP contribution < -0.4 is 5.73 Å². The highest BCUT2D eigenvalue weighted by Gasteiger charge is 2.29. The van der Waals surface area contributed by atoms with E-state index in [1.807, 2.05) is 41.5 Å². The van der Waals surface area contributed by atoms with E-state index < -0.39 is 0 Å². The smallest absolute Gasteiger partial charge is 0.223 e. The number of aryl methyl sites for hydroxylation is 2. The zero-order chi connectivity index (χ0) is 19.8. The third kappa shape index (κ3) is 3.96. The van der Waals surface area contributed by atoms with Crippen LogP contribution in [0.5, 0.6) is 0 Å². The summed E-state index contributed by atoms with van der Waals surface area (Å²) in [5, 5.41) is 5.77. The van der Waals surface area contributed by atoms with Crippen molar-refractivity contribution in [3.8, 4) is 0 Å². The minimum absolute atomic E-state index is 0. The Morgan fingerprint density at radius 3 is 2.79 bits per heavy atom. The molecule has 0 radical (unpaired) electrons. The molecular formula is C22H30ClN5O. The maximum absolute atomic E-state index is 12.9. The Morgan fingerprint density at radius 2 is 2.03 bits per heavy atom. The van der Waals surface area contributed by atoms with Gasteiger partial charge in [-0.05, 0) is 64.2 Å². The van der Waals surface area contributed by atoms with E-state index in [1.54, 1.807) is 0 Å². The molecular weight excluding hydrogens is 386 g/mol. The molecule has 2 aromatic heterocycles. The Morgan fingerprint density at radius 1 is 1.28 bits per heavy atom. The summed E-state index contributed by atoms with van der Waals surface area (Å²) in [6.07, 6.45) is 4.40. The van der Waals surface area contributed by atoms with Crippen LogP contribution in [0.3, 0.4) is 0 Å². The molecule has 1 fully saturated rings. The molecule has 2 atom stereocenters. The molecule has 0 bridgehead atoms. The molecule has 2 unspecified atom stereocenters. The number of fused-ring (bicyclic) bond motifs is 3. The van der Waals surface area contributed by atoms with Crippen LogP contribution in [0.4, 0.5) is 0 Å². The third-order valence-corrected chi connectivity index (χ3v) is 6.08. The molecule has 29 heavy (non-hydrogen) atoms. The number of carbonyl (C=O) groups excluding carboxylic acids is 1. The van der Waals surface area contributed by atoms with Crippen LogP contribution in [-0.4, -0.2) is 44.0 Å². The maximum Gasteiger partial charge on any atom is 0.223 e. The van der Waals surface area contributed by atoms with E-state index in [0.29, 0.717) is 12.8 Å². The molecule has 1 aliphatic heterocycles. The maximum atomic E-state index is 12.9. The quantitative estimate of drug-likeness (QED) is 0.706. The molecule has 7 heteroatoms. The van der Waals surface area contributed by atoms with Gasteiger partial charge in [0, 0.05) is 41.8 Å². The van der Waals surface area contributed by atoms with E-state index in [-0.39, 0.29) is 30.4 Å². The second kappa shape index (κ2) is 8.67. The average Bonchev–Trinajstić information content (AvgIpc) is 3.06. The van der Waals surface area contributed by atoms with Crippen molar-refractivity contribution < 1.29 is 4.79 Å². The zero-order valence-electron chi connectivity index (χ0n) is 17.4. The molecule has 4 rings (SSSR count). The van der Waals surface area contributed by atoms with Gasteiger partial charge in [-0.25, -0.2) is 9.50 Å². The van der Waals surface area contributed by atoms with Crippen LogP contribution in [-0.2, 0) is 11.2 Å². The summed E-state index contributed by atoms with van der Waals surface area (Å²) in [5.74, 6) is 0.200. The lowest BCUT2D eigenvalue weighted by atomic mass is 9.96. The summed E-state index contributed by atoms with van der Waals surface area (Å²) < 4.78 is 1.92. The average molecular weight is 416 g/mol. The first-order valence-corrected chi connectivity index (χ1v) is 10.3. The lowest BCUT2D eigenvalue weighted by molar-refractivity contribution is -0.135. The lowest BCUT2D eigenvalue weighted by Crippen LogP contribution is -2.51. The fourth-order valence-electron chi connectivity index (χ4n) is 4.53. The van der Waals surface area contributed by atoms with E-state index in [0.717, 1.165) is 59.3 Å². The number of rotatable bonds is 4. The van der Waals surface area contributed by atoms with Crippen molar-refractivity contribution >= 4 is 34.9 Å². The number of nitrogens with zero attached hydrogens (tertiary/aromatic N) is 4. The molecule has 1 saturated heterocycles. The highest BCUT2D eigenvalue weighted by molar-refractivity contribution is 5.92. The molecule has 0 spiro atoms. The van der Waals surface area contributed by atoms with Gasteiger partial charge in [0.2, 0.25) is 5.91 Å². The van der Waals surface area contributed by atoms with Crippen LogP contribution >= 0.6 is 12.4 Å². The number of hydrogen-bond donors (Lipinski definition) is 1. The highest BCUT2D eigenvalue weighted by Crippen LogP contribution is 2.24. The number of halogens is 1. The second-order valence-electron chi connectivity index (χ2n) is 8.02. The number of aromatic nitrogens is 3. The minimum atomic E-state index is 0. The van der Waals surface area contributed by atoms with Gasteiger partial charge in [0.25, 0.3) is 0 Å². The number of likely N-dealkylation sites (tertiary alicyclic amines) is 1. The van der Waals surface area contributed by atoms with Crippen LogP contribution in [0.1, 0.15) is 49.6 Å². The Labute approximate surface area is 177 Å². The van der Waals surface area contributed by atoms with E-state index in [2.05, 4.69) is 13.0 Å². The van der Waals surface area contributed by atoms with Gasteiger partial charge in [0.15, 0.2) is 5.65 Å². The second-order valence-corrected chi connectivity index (χ2v) is 8.02. The van der Waals surface area contributed by atoms with Crippen molar-refractivity contribution in [2.24, 2.45) is 5.73 Å². The SMILES string of the molecule is Cc1nc2c3ccccc3nn2c(C)c1CCC(=O)N1CCCCC1C(C)N.Cl. The standard InChI is InChI=1S/C22H29N5O.ClH/c1-14(23)20-10-6-7-13-26(20)21(28)12-11-17-15(2)24-22-18-8-4-5-9-19(18)25-27(22)16(17)3;/h4-5,8-9,14,20H,6-7,10-13,23H2,1-3H3;1H. The van der Waals surface area contributed by atoms with Gasteiger partial charge in [0.05, 0.1) is 5.52 Å². The number of piperidine rings is 1. The van der Waals surface area contributed by atoms with Gasteiger partial charge < -0.3 is 10.6 Å². The summed E-state index contributed by atoms with van der Waals surface area (Å²) in [4.78, 5) is 19.8. The molecule has 1 amide bonds. The molecule has 1 aliphatic rings. The Bertz CT molecular complexity index is 1030. The van der Waals surface area contributed by atoms with E-state index in [1.165, 1.54) is 0 Å². The molecule has 0 aliphatic carbocycles. The van der Waals surface area contributed by atoms with Crippen molar-refractivity contribution in [1.82, 2.24) is 19.5 Å². The minimum Gasteiger partial charge on any atom is -0.338 e. The van der Waals surface area contributed by atoms with Crippen molar-refractivity contribution in [2.75, 3.05) is 6.54 Å². The largest absolute Gasteiger partial charge is 0.338 e. The first kappa shape index (κ1) is 21.5. The highest BCUT2D eigenvalue weighted by atomic mass is 35.5. The molecule has 3 aromatic rings. The van der Waals surface area contributed by atoms with Crippen LogP contribution in [0.2, 0.25) is 0 Å². The van der Waals surface area contributed by atoms with E-state index >= 15 is 0 Å².